The molecule has 3 unspecified atom stereocenters. The van der Waals surface area contributed by atoms with Crippen LogP contribution >= 0.6 is 0 Å². The number of carboxylic acids is 1. The molecule has 2 heterocycles. The lowest BCUT2D eigenvalue weighted by molar-refractivity contribution is -0.274. The van der Waals surface area contributed by atoms with E-state index in [1.807, 2.05) is 6.07 Å². The number of fused-ring (bicyclic) bond motifs is 1. The molecule has 4 rings (SSSR count). The Labute approximate surface area is 210 Å². The van der Waals surface area contributed by atoms with Crippen LogP contribution in [0.1, 0.15) is 43.2 Å². The van der Waals surface area contributed by atoms with E-state index in [1.54, 1.807) is 17.7 Å². The van der Waals surface area contributed by atoms with Gasteiger partial charge in [0.15, 0.2) is 5.69 Å². The molecule has 0 spiro atoms. The molecule has 3 atom stereocenters. The summed E-state index contributed by atoms with van der Waals surface area (Å²) in [5, 5.41) is 11.7. The maximum absolute atomic E-state index is 12.3. The first-order valence-corrected chi connectivity index (χ1v) is 12.5. The number of imidazole rings is 1. The highest BCUT2D eigenvalue weighted by Crippen LogP contribution is 2.51. The second-order valence-electron chi connectivity index (χ2n) is 10.2. The average Bonchev–Trinajstić information content (AvgIpc) is 3.12. The summed E-state index contributed by atoms with van der Waals surface area (Å²) in [5.41, 5.74) is 0.893. The van der Waals surface area contributed by atoms with Crippen molar-refractivity contribution in [1.82, 2.24) is 19.8 Å². The number of hydrogen-bond donors (Lipinski definition) is 2. The number of aryl methyl sites for hydroxylation is 1. The third kappa shape index (κ3) is 8.23. The fourth-order valence-corrected chi connectivity index (χ4v) is 5.09. The molecule has 2 aromatic rings. The number of piperidine rings is 1. The Bertz CT molecular complexity index is 983. The number of halogens is 3. The number of carbonyl (C=O) groups is 1. The maximum atomic E-state index is 12.3. The molecule has 1 saturated heterocycles. The van der Waals surface area contributed by atoms with Crippen LogP contribution < -0.4 is 10.1 Å². The van der Waals surface area contributed by atoms with Crippen molar-refractivity contribution in [2.24, 2.45) is 36.6 Å². The van der Waals surface area contributed by atoms with Gasteiger partial charge < -0.3 is 24.6 Å². The number of aromatic nitrogens is 2. The van der Waals surface area contributed by atoms with Crippen molar-refractivity contribution in [3.8, 4) is 5.75 Å². The summed E-state index contributed by atoms with van der Waals surface area (Å²) in [6, 6.07) is 6.20. The van der Waals surface area contributed by atoms with Crippen LogP contribution in [0.25, 0.3) is 0 Å². The number of ether oxygens (including phenoxy) is 1. The average molecular weight is 511 g/mol. The highest BCUT2D eigenvalue weighted by molar-refractivity contribution is 5.84. The third-order valence-corrected chi connectivity index (χ3v) is 7.17. The Morgan fingerprint density at radius 1 is 1.28 bits per heavy atom. The minimum absolute atomic E-state index is 0.0810. The minimum atomic E-state index is -4.64. The van der Waals surface area contributed by atoms with Crippen LogP contribution in [0.5, 0.6) is 5.75 Å². The molecule has 1 aliphatic carbocycles. The van der Waals surface area contributed by atoms with E-state index in [-0.39, 0.29) is 11.4 Å². The van der Waals surface area contributed by atoms with E-state index in [4.69, 9.17) is 5.11 Å². The lowest BCUT2D eigenvalue weighted by Crippen LogP contribution is -2.33. The Balaban J connectivity index is 0.000000338. The molecule has 1 aliphatic heterocycles. The van der Waals surface area contributed by atoms with Gasteiger partial charge in [-0.15, -0.1) is 13.2 Å². The first kappa shape index (κ1) is 28.0. The van der Waals surface area contributed by atoms with Gasteiger partial charge >= 0.3 is 12.3 Å². The summed E-state index contributed by atoms with van der Waals surface area (Å²) in [4.78, 5) is 16.3. The van der Waals surface area contributed by atoms with Crippen molar-refractivity contribution >= 4 is 5.97 Å². The zero-order chi connectivity index (χ0) is 26.5. The number of hydrogen-bond acceptors (Lipinski definition) is 5. The number of rotatable bonds is 10. The summed E-state index contributed by atoms with van der Waals surface area (Å²) in [6.45, 7) is 12.0. The smallest absolute Gasteiger partial charge is 0.476 e. The molecule has 10 heteroatoms. The van der Waals surface area contributed by atoms with Crippen molar-refractivity contribution in [2.75, 3.05) is 26.2 Å². The predicted molar refractivity (Wildman–Crippen MR) is 131 cm³/mol. The Morgan fingerprint density at radius 3 is 2.47 bits per heavy atom. The quantitative estimate of drug-likeness (QED) is 0.484. The highest BCUT2D eigenvalue weighted by Gasteiger charge is 2.54. The van der Waals surface area contributed by atoms with Gasteiger partial charge in [-0.1, -0.05) is 39.3 Å². The second kappa shape index (κ2) is 12.1. The van der Waals surface area contributed by atoms with Gasteiger partial charge in [-0.05, 0) is 53.8 Å². The predicted octanol–water partition coefficient (Wildman–Crippen LogP) is 4.65. The molecule has 1 aromatic carbocycles. The monoisotopic (exact) mass is 510 g/mol. The summed E-state index contributed by atoms with van der Waals surface area (Å²) < 4.78 is 42.5. The van der Waals surface area contributed by atoms with E-state index in [2.05, 4.69) is 40.7 Å². The highest BCUT2D eigenvalue weighted by atomic mass is 19.4. The molecule has 1 saturated carbocycles. The summed E-state index contributed by atoms with van der Waals surface area (Å²) >= 11 is 0. The minimum Gasteiger partial charge on any atom is -0.476 e. The SMILES string of the molecule is CCC(CN1CC2C(CNCc3cccc(OC(F)(F)F)c3)C2C1)C(C)C.Cn1cnc(C(=O)O)c1. The van der Waals surface area contributed by atoms with Gasteiger partial charge in [0.05, 0.1) is 6.33 Å². The number of alkyl halides is 3. The van der Waals surface area contributed by atoms with E-state index in [0.29, 0.717) is 6.54 Å². The third-order valence-electron chi connectivity index (χ3n) is 7.17. The molecule has 7 nitrogen and oxygen atoms in total. The van der Waals surface area contributed by atoms with Gasteiger partial charge in [0.1, 0.15) is 5.75 Å². The molecule has 2 fully saturated rings. The molecule has 2 N–H and O–H groups in total. The normalized spacial score (nSPS) is 22.1. The number of nitrogens with one attached hydrogen (secondary N) is 1. The topological polar surface area (TPSA) is 79.6 Å². The van der Waals surface area contributed by atoms with Crippen molar-refractivity contribution in [3.63, 3.8) is 0 Å². The summed E-state index contributed by atoms with van der Waals surface area (Å²) in [6.07, 6.45) is -0.507. The molecule has 0 bridgehead atoms. The van der Waals surface area contributed by atoms with Crippen LogP contribution in [-0.2, 0) is 13.6 Å². The van der Waals surface area contributed by atoms with E-state index >= 15 is 0 Å². The van der Waals surface area contributed by atoms with Gasteiger partial charge in [-0.2, -0.15) is 0 Å². The van der Waals surface area contributed by atoms with Crippen LogP contribution in [-0.4, -0.2) is 58.1 Å². The first-order valence-electron chi connectivity index (χ1n) is 12.5. The van der Waals surface area contributed by atoms with Crippen molar-refractivity contribution < 1.29 is 27.8 Å². The number of benzene rings is 1. The molecule has 1 aromatic heterocycles. The van der Waals surface area contributed by atoms with Gasteiger partial charge in [0.25, 0.3) is 0 Å². The summed E-state index contributed by atoms with van der Waals surface area (Å²) in [5.74, 6) is 2.68. The van der Waals surface area contributed by atoms with Gasteiger partial charge in [-0.3, -0.25) is 0 Å². The van der Waals surface area contributed by atoms with E-state index < -0.39 is 12.3 Å². The molecule has 2 aliphatic rings. The molecule has 0 radical (unpaired) electrons. The molecule has 0 amide bonds. The lowest BCUT2D eigenvalue weighted by Gasteiger charge is -2.27. The van der Waals surface area contributed by atoms with E-state index in [1.165, 1.54) is 50.7 Å². The van der Waals surface area contributed by atoms with Crippen LogP contribution in [0.3, 0.4) is 0 Å². The van der Waals surface area contributed by atoms with Gasteiger partial charge in [0, 0.05) is 39.4 Å². The number of carboxylic acid groups (broad SMARTS) is 1. The second-order valence-corrected chi connectivity index (χ2v) is 10.2. The first-order chi connectivity index (χ1) is 17.0. The number of likely N-dealkylation sites (tertiary alicyclic amines) is 1. The zero-order valence-electron chi connectivity index (χ0n) is 21.3. The lowest BCUT2D eigenvalue weighted by atomic mass is 9.93. The Hall–Kier alpha value is -2.59. The fraction of sp³-hybridized carbons (Fsp3) is 0.615. The molecular formula is C26H37F3N4O3. The Morgan fingerprint density at radius 2 is 1.97 bits per heavy atom. The zero-order valence-corrected chi connectivity index (χ0v) is 21.3. The Kier molecular flexibility index (Phi) is 9.41. The van der Waals surface area contributed by atoms with Gasteiger partial charge in [0.2, 0.25) is 0 Å². The number of aromatic carboxylic acids is 1. The van der Waals surface area contributed by atoms with Crippen molar-refractivity contribution in [2.45, 2.75) is 40.1 Å². The number of nitrogens with zero attached hydrogens (tertiary/aromatic N) is 3. The van der Waals surface area contributed by atoms with Crippen LogP contribution in [0.15, 0.2) is 36.8 Å². The van der Waals surface area contributed by atoms with E-state index in [0.717, 1.165) is 41.7 Å². The molecule has 200 valence electrons. The molecular weight excluding hydrogens is 473 g/mol. The van der Waals surface area contributed by atoms with Crippen molar-refractivity contribution in [1.29, 1.82) is 0 Å². The molecule has 36 heavy (non-hydrogen) atoms. The maximum Gasteiger partial charge on any atom is 0.573 e. The van der Waals surface area contributed by atoms with Crippen LogP contribution in [0.4, 0.5) is 13.2 Å². The summed E-state index contributed by atoms with van der Waals surface area (Å²) in [7, 11) is 1.72. The van der Waals surface area contributed by atoms with Crippen molar-refractivity contribution in [3.05, 3.63) is 48.0 Å². The van der Waals surface area contributed by atoms with E-state index in [9.17, 15) is 18.0 Å². The van der Waals surface area contributed by atoms with Gasteiger partial charge in [-0.25, -0.2) is 9.78 Å². The standard InChI is InChI=1S/C21H31F3N2O.C5H6N2O2/c1-4-16(14(2)3)11-26-12-19-18(20(19)13-26)10-25-9-15-6-5-7-17(8-15)27-21(22,23)24;1-7-2-4(5(8)9)6-3-7/h5-8,14,16,18-20,25H,4,9-13H2,1-3H3;2-3H,1H3,(H,8,9). The van der Waals surface area contributed by atoms with Crippen LogP contribution in [0.2, 0.25) is 0 Å². The largest absolute Gasteiger partial charge is 0.573 e. The fourth-order valence-electron chi connectivity index (χ4n) is 5.09. The van der Waals surface area contributed by atoms with Crippen LogP contribution in [0, 0.1) is 29.6 Å².